The third-order valence-corrected chi connectivity index (χ3v) is 14.9. The van der Waals surface area contributed by atoms with Crippen LogP contribution in [0.3, 0.4) is 0 Å². The third-order valence-electron chi connectivity index (χ3n) is 14.9. The molecule has 0 heterocycles. The molecule has 4 aliphatic rings. The molecule has 0 radical (unpaired) electrons. The van der Waals surface area contributed by atoms with Gasteiger partial charge in [0.2, 0.25) is 0 Å². The maximum Gasteiger partial charge on any atom is 0.305 e. The molecule has 67 heavy (non-hydrogen) atoms. The van der Waals surface area contributed by atoms with Crippen LogP contribution in [0.5, 0.6) is 0 Å². The molecule has 13 heteroatoms. The summed E-state index contributed by atoms with van der Waals surface area (Å²) in [4.78, 5) is 76.7. The smallest absolute Gasteiger partial charge is 0.305 e. The van der Waals surface area contributed by atoms with Gasteiger partial charge in [-0.2, -0.15) is 0 Å². The Morgan fingerprint density at radius 2 is 0.552 bits per heavy atom. The first-order valence-corrected chi connectivity index (χ1v) is 27.0. The predicted octanol–water partition coefficient (Wildman–Crippen LogP) is 10.9. The van der Waals surface area contributed by atoms with Crippen molar-refractivity contribution in [2.45, 2.75) is 219 Å². The molecule has 0 saturated heterocycles. The van der Waals surface area contributed by atoms with Gasteiger partial charge >= 0.3 is 35.8 Å². The van der Waals surface area contributed by atoms with Crippen LogP contribution < -0.4 is 5.32 Å². The minimum Gasteiger partial charge on any atom is -0.465 e. The monoisotopic (exact) mass is 946 g/mol. The Labute approximate surface area is 403 Å². The molecule has 4 fully saturated rings. The summed E-state index contributed by atoms with van der Waals surface area (Å²) in [5.74, 6) is 0.355. The van der Waals surface area contributed by atoms with Crippen LogP contribution >= 0.6 is 0 Å². The second kappa shape index (κ2) is 32.6. The Balaban J connectivity index is 1.12. The topological polar surface area (TPSA) is 170 Å². The van der Waals surface area contributed by atoms with Gasteiger partial charge in [-0.25, -0.2) is 0 Å². The highest BCUT2D eigenvalue weighted by molar-refractivity contribution is 5.71. The predicted molar refractivity (Wildman–Crippen MR) is 257 cm³/mol. The van der Waals surface area contributed by atoms with E-state index in [0.29, 0.717) is 75.3 Å². The van der Waals surface area contributed by atoms with Crippen molar-refractivity contribution in [1.29, 1.82) is 0 Å². The van der Waals surface area contributed by atoms with E-state index in [1.54, 1.807) is 0 Å². The fourth-order valence-electron chi connectivity index (χ4n) is 10.2. The average Bonchev–Trinajstić information content (AvgIpc) is 3.36. The molecular weight excluding hydrogens is 855 g/mol. The van der Waals surface area contributed by atoms with Crippen molar-refractivity contribution in [2.75, 3.05) is 52.7 Å². The Hall–Kier alpha value is -3.22. The van der Waals surface area contributed by atoms with Crippen molar-refractivity contribution in [2.24, 2.45) is 34.5 Å². The van der Waals surface area contributed by atoms with Gasteiger partial charge in [0.05, 0.1) is 10.8 Å². The van der Waals surface area contributed by atoms with Gasteiger partial charge < -0.3 is 33.7 Å². The van der Waals surface area contributed by atoms with Crippen LogP contribution in [0, 0.1) is 34.5 Å². The fourth-order valence-corrected chi connectivity index (χ4v) is 10.2. The summed E-state index contributed by atoms with van der Waals surface area (Å²) < 4.78 is 34.1. The van der Waals surface area contributed by atoms with Crippen LogP contribution in [0.2, 0.25) is 0 Å². The van der Waals surface area contributed by atoms with Crippen LogP contribution in [0.4, 0.5) is 0 Å². The van der Waals surface area contributed by atoms with Crippen molar-refractivity contribution >= 4 is 35.8 Å². The number of carbonyl (C=O) groups excluding carboxylic acids is 6. The maximum atomic E-state index is 12.8. The second-order valence-corrected chi connectivity index (χ2v) is 21.7. The Kier molecular flexibility index (Phi) is 27.4. The molecule has 4 saturated carbocycles. The third kappa shape index (κ3) is 25.8. The van der Waals surface area contributed by atoms with Gasteiger partial charge in [0, 0.05) is 38.5 Å². The van der Waals surface area contributed by atoms with Crippen LogP contribution in [0.1, 0.15) is 219 Å². The quantitative estimate of drug-likeness (QED) is 0.0384. The molecule has 384 valence electrons. The zero-order valence-electron chi connectivity index (χ0n) is 42.0. The van der Waals surface area contributed by atoms with Gasteiger partial charge in [0.15, 0.2) is 0 Å². The van der Waals surface area contributed by atoms with Gasteiger partial charge in [-0.3, -0.25) is 28.8 Å². The van der Waals surface area contributed by atoms with Gasteiger partial charge in [0.1, 0.15) is 39.6 Å². The molecule has 0 aliphatic heterocycles. The molecule has 1 N–H and O–H groups in total. The molecule has 13 nitrogen and oxygen atoms in total. The average molecular weight is 946 g/mol. The molecule has 0 amide bonds. The van der Waals surface area contributed by atoms with E-state index in [2.05, 4.69) is 5.32 Å². The SMILES string of the molecule is CC(COC(=O)CCCNCCCC(=O)OCC(C)(COC(=O)CCC1CCCCC1)COC(=O)CCC1CCCCC1)(COC(=O)CCC1CCCCC1)COC(=O)CCC1CCCCC1. The van der Waals surface area contributed by atoms with Gasteiger partial charge in [-0.05, 0) is 89.1 Å². The van der Waals surface area contributed by atoms with E-state index in [9.17, 15) is 28.8 Å². The van der Waals surface area contributed by atoms with E-state index in [1.807, 2.05) is 13.8 Å². The first-order chi connectivity index (χ1) is 32.4. The van der Waals surface area contributed by atoms with Crippen molar-refractivity contribution in [3.63, 3.8) is 0 Å². The Morgan fingerprint density at radius 1 is 0.343 bits per heavy atom. The highest BCUT2D eigenvalue weighted by atomic mass is 16.6. The number of nitrogens with one attached hydrogen (secondary N) is 1. The standard InChI is InChI=1S/C54H91NO12/c1-53(39-64-49(58)31-27-43-17-7-3-8-18-43,40-65-50(59)32-28-44-19-9-4-10-20-44)37-62-47(56)25-15-35-55-36-16-26-48(57)63-38-54(2,41-66-51(60)33-29-45-21-11-5-12-22-45)42-67-52(61)34-30-46-23-13-6-14-24-46/h43-46,55H,3-42H2,1-2H3. The van der Waals surface area contributed by atoms with Gasteiger partial charge in [-0.1, -0.05) is 128 Å². The van der Waals surface area contributed by atoms with Crippen LogP contribution in [0.25, 0.3) is 0 Å². The summed E-state index contributed by atoms with van der Waals surface area (Å²) in [5.41, 5.74) is -1.75. The minimum atomic E-state index is -0.877. The summed E-state index contributed by atoms with van der Waals surface area (Å²) in [6, 6.07) is 0. The van der Waals surface area contributed by atoms with E-state index in [0.717, 1.165) is 77.0 Å². The van der Waals surface area contributed by atoms with Crippen LogP contribution in [-0.2, 0) is 57.2 Å². The lowest BCUT2D eigenvalue weighted by atomic mass is 9.86. The molecule has 0 unspecified atom stereocenters. The zero-order chi connectivity index (χ0) is 48.0. The zero-order valence-corrected chi connectivity index (χ0v) is 42.0. The van der Waals surface area contributed by atoms with Gasteiger partial charge in [0.25, 0.3) is 0 Å². The first kappa shape index (κ1) is 56.4. The summed E-state index contributed by atoms with van der Waals surface area (Å²) in [7, 11) is 0. The van der Waals surface area contributed by atoms with Crippen molar-refractivity contribution in [3.05, 3.63) is 0 Å². The highest BCUT2D eigenvalue weighted by Crippen LogP contribution is 2.31. The van der Waals surface area contributed by atoms with E-state index in [4.69, 9.17) is 28.4 Å². The fraction of sp³-hybridized carbons (Fsp3) is 0.889. The Bertz CT molecular complexity index is 1260. The molecule has 0 atom stereocenters. The number of carbonyl (C=O) groups is 6. The summed E-state index contributed by atoms with van der Waals surface area (Å²) >= 11 is 0. The van der Waals surface area contributed by atoms with E-state index >= 15 is 0 Å². The molecule has 0 aromatic carbocycles. The van der Waals surface area contributed by atoms with Crippen LogP contribution in [-0.4, -0.2) is 88.5 Å². The molecule has 4 rings (SSSR count). The summed E-state index contributed by atoms with van der Waals surface area (Å²) in [6.07, 6.45) is 30.1. The van der Waals surface area contributed by atoms with Crippen LogP contribution in [0.15, 0.2) is 0 Å². The minimum absolute atomic E-state index is 0.00941. The molecule has 0 bridgehead atoms. The van der Waals surface area contributed by atoms with Crippen molar-refractivity contribution in [3.8, 4) is 0 Å². The summed E-state index contributed by atoms with van der Waals surface area (Å²) in [6.45, 7) is 4.58. The van der Waals surface area contributed by atoms with Crippen molar-refractivity contribution in [1.82, 2.24) is 5.32 Å². The van der Waals surface area contributed by atoms with Crippen molar-refractivity contribution < 1.29 is 57.2 Å². The van der Waals surface area contributed by atoms with E-state index in [1.165, 1.54) is 77.0 Å². The molecular formula is C54H91NO12. The Morgan fingerprint density at radius 3 is 0.776 bits per heavy atom. The summed E-state index contributed by atoms with van der Waals surface area (Å²) in [5, 5.41) is 3.27. The lowest BCUT2D eigenvalue weighted by Crippen LogP contribution is -2.37. The number of ether oxygens (including phenoxy) is 6. The number of hydrogen-bond acceptors (Lipinski definition) is 13. The molecule has 0 spiro atoms. The largest absolute Gasteiger partial charge is 0.465 e. The second-order valence-electron chi connectivity index (χ2n) is 21.7. The molecule has 4 aliphatic carbocycles. The van der Waals surface area contributed by atoms with E-state index < -0.39 is 22.8 Å². The molecule has 0 aromatic rings. The molecule has 0 aromatic heterocycles. The lowest BCUT2D eigenvalue weighted by Gasteiger charge is -2.28. The number of hydrogen-bond donors (Lipinski definition) is 1. The first-order valence-electron chi connectivity index (χ1n) is 27.0. The van der Waals surface area contributed by atoms with Gasteiger partial charge in [-0.15, -0.1) is 0 Å². The normalized spacial score (nSPS) is 18.2. The maximum absolute atomic E-state index is 12.8. The van der Waals surface area contributed by atoms with E-state index in [-0.39, 0.29) is 76.4 Å². The highest BCUT2D eigenvalue weighted by Gasteiger charge is 2.33. The number of esters is 6. The lowest BCUT2D eigenvalue weighted by molar-refractivity contribution is -0.163. The number of rotatable bonds is 32.